The SMILES string of the molecule is CNC(c1cnccn1)c1ccc(C)o1. The molecular weight excluding hydrogens is 190 g/mol. The van der Waals surface area contributed by atoms with Crippen molar-refractivity contribution in [3.63, 3.8) is 0 Å². The lowest BCUT2D eigenvalue weighted by atomic mass is 10.1. The van der Waals surface area contributed by atoms with E-state index in [2.05, 4.69) is 15.3 Å². The fraction of sp³-hybridized carbons (Fsp3) is 0.273. The van der Waals surface area contributed by atoms with E-state index in [0.29, 0.717) is 0 Å². The van der Waals surface area contributed by atoms with E-state index in [-0.39, 0.29) is 6.04 Å². The summed E-state index contributed by atoms with van der Waals surface area (Å²) in [4.78, 5) is 8.29. The van der Waals surface area contributed by atoms with Crippen molar-refractivity contribution < 1.29 is 4.42 Å². The average molecular weight is 203 g/mol. The second kappa shape index (κ2) is 4.23. The monoisotopic (exact) mass is 203 g/mol. The fourth-order valence-electron chi connectivity index (χ4n) is 1.50. The summed E-state index contributed by atoms with van der Waals surface area (Å²) in [5.74, 6) is 1.75. The van der Waals surface area contributed by atoms with Crippen LogP contribution in [-0.4, -0.2) is 17.0 Å². The second-order valence-corrected chi connectivity index (χ2v) is 3.30. The molecule has 0 aliphatic carbocycles. The second-order valence-electron chi connectivity index (χ2n) is 3.30. The topological polar surface area (TPSA) is 51.0 Å². The standard InChI is InChI=1S/C11H13N3O/c1-8-3-4-10(15-8)11(12-2)9-7-13-5-6-14-9/h3-7,11-12H,1-2H3. The van der Waals surface area contributed by atoms with Gasteiger partial charge in [-0.1, -0.05) is 0 Å². The maximum absolute atomic E-state index is 5.56. The Morgan fingerprint density at radius 1 is 1.33 bits per heavy atom. The molecule has 2 heterocycles. The summed E-state index contributed by atoms with van der Waals surface area (Å²) in [6.07, 6.45) is 5.07. The summed E-state index contributed by atoms with van der Waals surface area (Å²) in [5, 5.41) is 3.15. The highest BCUT2D eigenvalue weighted by Crippen LogP contribution is 2.20. The molecule has 0 amide bonds. The largest absolute Gasteiger partial charge is 0.464 e. The van der Waals surface area contributed by atoms with Crippen molar-refractivity contribution >= 4 is 0 Å². The maximum Gasteiger partial charge on any atom is 0.127 e. The van der Waals surface area contributed by atoms with Crippen molar-refractivity contribution in [1.82, 2.24) is 15.3 Å². The molecule has 1 N–H and O–H groups in total. The number of aryl methyl sites for hydroxylation is 1. The summed E-state index contributed by atoms with van der Waals surface area (Å²) >= 11 is 0. The van der Waals surface area contributed by atoms with Crippen LogP contribution in [0.2, 0.25) is 0 Å². The van der Waals surface area contributed by atoms with Crippen molar-refractivity contribution in [3.8, 4) is 0 Å². The summed E-state index contributed by atoms with van der Waals surface area (Å²) in [5.41, 5.74) is 0.856. The molecule has 1 atom stereocenters. The van der Waals surface area contributed by atoms with Crippen LogP contribution < -0.4 is 5.32 Å². The van der Waals surface area contributed by atoms with Crippen LogP contribution in [0.1, 0.15) is 23.3 Å². The van der Waals surface area contributed by atoms with Crippen LogP contribution >= 0.6 is 0 Å². The van der Waals surface area contributed by atoms with Gasteiger partial charge in [-0.3, -0.25) is 9.97 Å². The fourth-order valence-corrected chi connectivity index (χ4v) is 1.50. The van der Waals surface area contributed by atoms with Crippen LogP contribution in [0.15, 0.2) is 35.1 Å². The summed E-state index contributed by atoms with van der Waals surface area (Å²) < 4.78 is 5.56. The molecule has 2 aromatic rings. The Balaban J connectivity index is 2.33. The van der Waals surface area contributed by atoms with E-state index in [9.17, 15) is 0 Å². The van der Waals surface area contributed by atoms with E-state index in [1.165, 1.54) is 0 Å². The normalized spacial score (nSPS) is 12.7. The zero-order chi connectivity index (χ0) is 10.7. The lowest BCUT2D eigenvalue weighted by Gasteiger charge is -2.11. The quantitative estimate of drug-likeness (QED) is 0.824. The molecular formula is C11H13N3O. The molecule has 0 bridgehead atoms. The highest BCUT2D eigenvalue weighted by Gasteiger charge is 2.16. The first kappa shape index (κ1) is 9.86. The van der Waals surface area contributed by atoms with Gasteiger partial charge in [0, 0.05) is 12.4 Å². The molecule has 0 aliphatic heterocycles. The van der Waals surface area contributed by atoms with Gasteiger partial charge in [-0.05, 0) is 26.1 Å². The third-order valence-corrected chi connectivity index (χ3v) is 2.21. The molecule has 15 heavy (non-hydrogen) atoms. The average Bonchev–Trinajstić information content (AvgIpc) is 2.68. The zero-order valence-corrected chi connectivity index (χ0v) is 8.77. The van der Waals surface area contributed by atoms with E-state index >= 15 is 0 Å². The number of aromatic nitrogens is 2. The molecule has 1 unspecified atom stereocenters. The molecule has 0 saturated heterocycles. The molecule has 0 fully saturated rings. The molecule has 0 spiro atoms. The summed E-state index contributed by atoms with van der Waals surface area (Å²) in [7, 11) is 1.87. The highest BCUT2D eigenvalue weighted by molar-refractivity contribution is 5.19. The highest BCUT2D eigenvalue weighted by atomic mass is 16.3. The minimum atomic E-state index is -0.0348. The van der Waals surface area contributed by atoms with Gasteiger partial charge in [0.15, 0.2) is 0 Å². The molecule has 0 radical (unpaired) electrons. The van der Waals surface area contributed by atoms with Gasteiger partial charge in [0.2, 0.25) is 0 Å². The number of rotatable bonds is 3. The first-order valence-corrected chi connectivity index (χ1v) is 4.81. The van der Waals surface area contributed by atoms with E-state index in [1.54, 1.807) is 18.6 Å². The van der Waals surface area contributed by atoms with Crippen molar-refractivity contribution in [3.05, 3.63) is 47.9 Å². The van der Waals surface area contributed by atoms with E-state index in [4.69, 9.17) is 4.42 Å². The molecule has 2 aromatic heterocycles. The van der Waals surface area contributed by atoms with Gasteiger partial charge in [0.05, 0.1) is 11.9 Å². The minimum Gasteiger partial charge on any atom is -0.464 e. The van der Waals surface area contributed by atoms with Crippen LogP contribution in [0.4, 0.5) is 0 Å². The van der Waals surface area contributed by atoms with E-state index in [0.717, 1.165) is 17.2 Å². The first-order chi connectivity index (χ1) is 7.31. The molecule has 78 valence electrons. The van der Waals surface area contributed by atoms with Crippen LogP contribution in [-0.2, 0) is 0 Å². The first-order valence-electron chi connectivity index (χ1n) is 4.81. The molecule has 2 rings (SSSR count). The number of nitrogens with one attached hydrogen (secondary N) is 1. The number of nitrogens with zero attached hydrogens (tertiary/aromatic N) is 2. The maximum atomic E-state index is 5.56. The van der Waals surface area contributed by atoms with Gasteiger partial charge >= 0.3 is 0 Å². The van der Waals surface area contributed by atoms with Crippen LogP contribution in [0, 0.1) is 6.92 Å². The lowest BCUT2D eigenvalue weighted by molar-refractivity contribution is 0.439. The Morgan fingerprint density at radius 2 is 2.20 bits per heavy atom. The van der Waals surface area contributed by atoms with Crippen LogP contribution in [0.5, 0.6) is 0 Å². The van der Waals surface area contributed by atoms with Crippen molar-refractivity contribution in [2.24, 2.45) is 0 Å². The van der Waals surface area contributed by atoms with Gasteiger partial charge in [-0.2, -0.15) is 0 Å². The number of hydrogen-bond acceptors (Lipinski definition) is 4. The van der Waals surface area contributed by atoms with Crippen molar-refractivity contribution in [1.29, 1.82) is 0 Å². The Hall–Kier alpha value is -1.68. The number of hydrogen-bond donors (Lipinski definition) is 1. The number of furan rings is 1. The van der Waals surface area contributed by atoms with Crippen LogP contribution in [0.25, 0.3) is 0 Å². The Labute approximate surface area is 88.4 Å². The van der Waals surface area contributed by atoms with E-state index < -0.39 is 0 Å². The van der Waals surface area contributed by atoms with Crippen molar-refractivity contribution in [2.45, 2.75) is 13.0 Å². The predicted molar refractivity (Wildman–Crippen MR) is 56.4 cm³/mol. The summed E-state index contributed by atoms with van der Waals surface area (Å²) in [6.45, 7) is 1.92. The summed E-state index contributed by atoms with van der Waals surface area (Å²) in [6, 6.07) is 3.86. The third-order valence-electron chi connectivity index (χ3n) is 2.21. The zero-order valence-electron chi connectivity index (χ0n) is 8.77. The van der Waals surface area contributed by atoms with Gasteiger partial charge in [0.1, 0.15) is 17.6 Å². The smallest absolute Gasteiger partial charge is 0.127 e. The Bertz CT molecular complexity index is 424. The molecule has 0 saturated carbocycles. The van der Waals surface area contributed by atoms with Gasteiger partial charge < -0.3 is 9.73 Å². The molecule has 0 aliphatic rings. The van der Waals surface area contributed by atoms with Crippen molar-refractivity contribution in [2.75, 3.05) is 7.05 Å². The van der Waals surface area contributed by atoms with Gasteiger partial charge in [-0.25, -0.2) is 0 Å². The molecule has 4 nitrogen and oxygen atoms in total. The molecule has 4 heteroatoms. The van der Waals surface area contributed by atoms with Gasteiger partial charge in [-0.15, -0.1) is 0 Å². The van der Waals surface area contributed by atoms with Crippen LogP contribution in [0.3, 0.4) is 0 Å². The third kappa shape index (κ3) is 2.05. The van der Waals surface area contributed by atoms with E-state index in [1.807, 2.05) is 26.1 Å². The lowest BCUT2D eigenvalue weighted by Crippen LogP contribution is -2.18. The minimum absolute atomic E-state index is 0.0348. The Morgan fingerprint density at radius 3 is 2.73 bits per heavy atom. The van der Waals surface area contributed by atoms with Gasteiger partial charge in [0.25, 0.3) is 0 Å². The molecule has 0 aromatic carbocycles. The predicted octanol–water partition coefficient (Wildman–Crippen LogP) is 1.69. The Kier molecular flexibility index (Phi) is 2.78.